The van der Waals surface area contributed by atoms with Crippen LogP contribution in [0.15, 0.2) is 12.1 Å². The number of halogens is 3. The average Bonchev–Trinajstić information content (AvgIpc) is 3.07. The standard InChI is InChI=1S/C19H22ClF2N5O2/c1-11(28)26-7-4-15-13(10-26)19(25-27(15)12-5-8-29-9-6-12)24-16-3-2-14(20)17(23-16)18(21)22/h2-3,12,18H,4-10H2,1H3,(H,23,24,25). The number of anilines is 2. The molecule has 0 unspecified atom stereocenters. The van der Waals surface area contributed by atoms with Crippen molar-refractivity contribution in [2.75, 3.05) is 25.1 Å². The molecule has 7 nitrogen and oxygen atoms in total. The minimum absolute atomic E-state index is 0.00924. The van der Waals surface area contributed by atoms with Crippen molar-refractivity contribution in [3.05, 3.63) is 34.1 Å². The number of pyridine rings is 1. The van der Waals surface area contributed by atoms with Crippen LogP contribution in [0.4, 0.5) is 20.4 Å². The number of carbonyl (C=O) groups excluding carboxylic acids is 1. The Kier molecular flexibility index (Phi) is 5.69. The molecule has 0 spiro atoms. The molecule has 0 atom stereocenters. The van der Waals surface area contributed by atoms with E-state index in [9.17, 15) is 13.6 Å². The molecule has 0 saturated carbocycles. The second-order valence-corrected chi connectivity index (χ2v) is 7.65. The van der Waals surface area contributed by atoms with Crippen molar-refractivity contribution >= 4 is 29.1 Å². The lowest BCUT2D eigenvalue weighted by molar-refractivity contribution is -0.129. The van der Waals surface area contributed by atoms with Gasteiger partial charge in [-0.05, 0) is 25.0 Å². The van der Waals surface area contributed by atoms with Gasteiger partial charge in [-0.15, -0.1) is 0 Å². The van der Waals surface area contributed by atoms with E-state index in [0.29, 0.717) is 38.5 Å². The van der Waals surface area contributed by atoms with Crippen LogP contribution in [0, 0.1) is 0 Å². The van der Waals surface area contributed by atoms with Crippen LogP contribution in [0.5, 0.6) is 0 Å². The highest BCUT2D eigenvalue weighted by Gasteiger charge is 2.30. The Balaban J connectivity index is 1.70. The average molecular weight is 426 g/mol. The molecule has 2 aromatic heterocycles. The number of alkyl halides is 2. The van der Waals surface area contributed by atoms with Gasteiger partial charge >= 0.3 is 0 Å². The topological polar surface area (TPSA) is 72.3 Å². The highest BCUT2D eigenvalue weighted by atomic mass is 35.5. The van der Waals surface area contributed by atoms with Gasteiger partial charge in [-0.2, -0.15) is 5.10 Å². The molecular formula is C19H22ClF2N5O2. The molecule has 4 rings (SSSR count). The van der Waals surface area contributed by atoms with E-state index < -0.39 is 12.1 Å². The fourth-order valence-corrected chi connectivity index (χ4v) is 4.04. The lowest BCUT2D eigenvalue weighted by Gasteiger charge is -2.29. The van der Waals surface area contributed by atoms with Crippen molar-refractivity contribution in [1.29, 1.82) is 0 Å². The summed E-state index contributed by atoms with van der Waals surface area (Å²) in [4.78, 5) is 17.6. The van der Waals surface area contributed by atoms with Gasteiger partial charge in [0.15, 0.2) is 5.82 Å². The highest BCUT2D eigenvalue weighted by molar-refractivity contribution is 6.31. The largest absolute Gasteiger partial charge is 0.381 e. The van der Waals surface area contributed by atoms with Crippen LogP contribution in [-0.4, -0.2) is 45.3 Å². The zero-order chi connectivity index (χ0) is 20.5. The first-order valence-corrected chi connectivity index (χ1v) is 9.97. The molecule has 156 valence electrons. The molecule has 1 amide bonds. The molecular weight excluding hydrogens is 404 g/mol. The molecule has 0 radical (unpaired) electrons. The van der Waals surface area contributed by atoms with E-state index in [-0.39, 0.29) is 22.8 Å². The van der Waals surface area contributed by atoms with Crippen LogP contribution >= 0.6 is 11.6 Å². The van der Waals surface area contributed by atoms with Gasteiger partial charge in [0.25, 0.3) is 6.43 Å². The Bertz CT molecular complexity index is 914. The second-order valence-electron chi connectivity index (χ2n) is 7.24. The molecule has 10 heteroatoms. The summed E-state index contributed by atoms with van der Waals surface area (Å²) in [5, 5.41) is 7.74. The maximum atomic E-state index is 13.2. The maximum Gasteiger partial charge on any atom is 0.281 e. The molecule has 1 N–H and O–H groups in total. The normalized spacial score (nSPS) is 17.5. The molecule has 0 bridgehead atoms. The predicted molar refractivity (Wildman–Crippen MR) is 104 cm³/mol. The number of hydrogen-bond acceptors (Lipinski definition) is 5. The number of fused-ring (bicyclic) bond motifs is 1. The number of rotatable bonds is 4. The number of hydrogen-bond donors (Lipinski definition) is 1. The fourth-order valence-electron chi connectivity index (χ4n) is 3.85. The molecule has 1 saturated heterocycles. The summed E-state index contributed by atoms with van der Waals surface area (Å²) < 4.78 is 33.8. The molecule has 1 fully saturated rings. The summed E-state index contributed by atoms with van der Waals surface area (Å²) >= 11 is 5.82. The van der Waals surface area contributed by atoms with Crippen LogP contribution in [0.25, 0.3) is 0 Å². The third kappa shape index (κ3) is 4.06. The third-order valence-electron chi connectivity index (χ3n) is 5.39. The minimum atomic E-state index is -2.77. The van der Waals surface area contributed by atoms with Gasteiger partial charge in [0, 0.05) is 44.4 Å². The van der Waals surface area contributed by atoms with Gasteiger partial charge in [-0.25, -0.2) is 13.8 Å². The highest BCUT2D eigenvalue weighted by Crippen LogP contribution is 2.34. The van der Waals surface area contributed by atoms with E-state index in [1.165, 1.54) is 13.0 Å². The van der Waals surface area contributed by atoms with Crippen molar-refractivity contribution in [2.24, 2.45) is 0 Å². The van der Waals surface area contributed by atoms with Crippen molar-refractivity contribution in [3.8, 4) is 0 Å². The molecule has 2 aliphatic heterocycles. The van der Waals surface area contributed by atoms with Gasteiger partial charge < -0.3 is 15.0 Å². The van der Waals surface area contributed by atoms with Crippen molar-refractivity contribution in [2.45, 2.75) is 45.2 Å². The SMILES string of the molecule is CC(=O)N1CCc2c(c(Nc3ccc(Cl)c(C(F)F)n3)nn2C2CCOCC2)C1. The number of aromatic nitrogens is 3. The first-order chi connectivity index (χ1) is 13.9. The van der Waals surface area contributed by atoms with Gasteiger partial charge in [0.05, 0.1) is 17.6 Å². The van der Waals surface area contributed by atoms with E-state index in [4.69, 9.17) is 21.4 Å². The van der Waals surface area contributed by atoms with Crippen LogP contribution in [0.2, 0.25) is 5.02 Å². The summed E-state index contributed by atoms with van der Waals surface area (Å²) in [7, 11) is 0. The molecule has 4 heterocycles. The van der Waals surface area contributed by atoms with Crippen molar-refractivity contribution < 1.29 is 18.3 Å². The number of carbonyl (C=O) groups is 1. The first kappa shape index (κ1) is 20.0. The van der Waals surface area contributed by atoms with Crippen LogP contribution < -0.4 is 5.32 Å². The van der Waals surface area contributed by atoms with Crippen molar-refractivity contribution in [1.82, 2.24) is 19.7 Å². The Morgan fingerprint density at radius 1 is 1.34 bits per heavy atom. The van der Waals surface area contributed by atoms with E-state index in [1.54, 1.807) is 11.0 Å². The molecule has 2 aliphatic rings. The summed E-state index contributed by atoms with van der Waals surface area (Å²) in [5.74, 6) is 0.765. The van der Waals surface area contributed by atoms with Crippen LogP contribution in [-0.2, 0) is 22.5 Å². The van der Waals surface area contributed by atoms with Gasteiger partial charge in [0.2, 0.25) is 5.91 Å². The van der Waals surface area contributed by atoms with E-state index >= 15 is 0 Å². The Labute approximate surface area is 172 Å². The predicted octanol–water partition coefficient (Wildman–Crippen LogP) is 3.87. The maximum absolute atomic E-state index is 13.2. The molecule has 29 heavy (non-hydrogen) atoms. The summed E-state index contributed by atoms with van der Waals surface area (Å²) in [6.07, 6.45) is -0.361. The zero-order valence-corrected chi connectivity index (χ0v) is 16.8. The van der Waals surface area contributed by atoms with E-state index in [1.807, 2.05) is 4.68 Å². The summed E-state index contributed by atoms with van der Waals surface area (Å²) in [6.45, 7) is 3.95. The van der Waals surface area contributed by atoms with E-state index in [2.05, 4.69) is 10.3 Å². The van der Waals surface area contributed by atoms with Crippen LogP contribution in [0.1, 0.15) is 49.2 Å². The lowest BCUT2D eigenvalue weighted by atomic mass is 10.0. The third-order valence-corrected chi connectivity index (χ3v) is 5.71. The van der Waals surface area contributed by atoms with Gasteiger partial charge in [0.1, 0.15) is 11.5 Å². The summed E-state index contributed by atoms with van der Waals surface area (Å²) in [6, 6.07) is 3.15. The summed E-state index contributed by atoms with van der Waals surface area (Å²) in [5.41, 5.74) is 1.49. The zero-order valence-electron chi connectivity index (χ0n) is 16.0. The Hall–Kier alpha value is -2.26. The van der Waals surface area contributed by atoms with Gasteiger partial charge in [-0.3, -0.25) is 9.48 Å². The minimum Gasteiger partial charge on any atom is -0.381 e. The molecule has 0 aromatic carbocycles. The number of nitrogens with one attached hydrogen (secondary N) is 1. The van der Waals surface area contributed by atoms with Gasteiger partial charge in [-0.1, -0.05) is 11.6 Å². The number of amides is 1. The molecule has 0 aliphatic carbocycles. The van der Waals surface area contributed by atoms with Crippen molar-refractivity contribution in [3.63, 3.8) is 0 Å². The lowest BCUT2D eigenvalue weighted by Crippen LogP contribution is -2.35. The first-order valence-electron chi connectivity index (χ1n) is 9.59. The monoisotopic (exact) mass is 425 g/mol. The fraction of sp³-hybridized carbons (Fsp3) is 0.526. The Morgan fingerprint density at radius 2 is 2.10 bits per heavy atom. The quantitative estimate of drug-likeness (QED) is 0.805. The number of ether oxygens (including phenoxy) is 1. The van der Waals surface area contributed by atoms with Crippen LogP contribution in [0.3, 0.4) is 0 Å². The molecule has 2 aromatic rings. The second kappa shape index (κ2) is 8.23. The van der Waals surface area contributed by atoms with E-state index in [0.717, 1.165) is 24.1 Å². The smallest absolute Gasteiger partial charge is 0.281 e. The number of nitrogens with zero attached hydrogens (tertiary/aromatic N) is 4. The Morgan fingerprint density at radius 3 is 2.79 bits per heavy atom.